The lowest BCUT2D eigenvalue weighted by Gasteiger charge is -2.39. The lowest BCUT2D eigenvalue weighted by Crippen LogP contribution is -2.48. The molecule has 3 aromatic rings. The fraction of sp³-hybridized carbons (Fsp3) is 0.138. The third-order valence-corrected chi connectivity index (χ3v) is 7.54. The first-order valence-electron chi connectivity index (χ1n) is 11.8. The van der Waals surface area contributed by atoms with Crippen molar-refractivity contribution < 1.29 is 19.1 Å². The predicted molar refractivity (Wildman–Crippen MR) is 134 cm³/mol. The maximum Gasteiger partial charge on any atom is 0.244 e. The molecule has 1 fully saturated rings. The molecule has 3 aromatic carbocycles. The Kier molecular flexibility index (Phi) is 4.13. The van der Waals surface area contributed by atoms with Crippen molar-refractivity contribution in [3.63, 3.8) is 0 Å². The first-order valence-corrected chi connectivity index (χ1v) is 11.8. The largest absolute Gasteiger partial charge is 0.497 e. The first kappa shape index (κ1) is 20.7. The van der Waals surface area contributed by atoms with Crippen molar-refractivity contribution in [3.05, 3.63) is 112 Å². The molecule has 1 aliphatic carbocycles. The quantitative estimate of drug-likeness (QED) is 0.564. The molecule has 7 heteroatoms. The summed E-state index contributed by atoms with van der Waals surface area (Å²) >= 11 is 0. The van der Waals surface area contributed by atoms with E-state index < -0.39 is 11.3 Å². The number of nitrogens with zero attached hydrogens (tertiary/aromatic N) is 1. The number of ether oxygens (including phenoxy) is 1. The number of amides is 1. The molecule has 0 saturated carbocycles. The molecule has 176 valence electrons. The van der Waals surface area contributed by atoms with E-state index in [0.717, 1.165) is 5.56 Å². The fourth-order valence-electron chi connectivity index (χ4n) is 6.05. The summed E-state index contributed by atoms with van der Waals surface area (Å²) in [6.45, 7) is 1.16. The van der Waals surface area contributed by atoms with Crippen molar-refractivity contribution in [3.8, 4) is 5.75 Å². The van der Waals surface area contributed by atoms with Crippen LogP contribution in [-0.2, 0) is 10.2 Å². The normalized spacial score (nSPS) is 21.2. The Balaban J connectivity index is 1.57. The van der Waals surface area contributed by atoms with Gasteiger partial charge in [0.05, 0.1) is 18.4 Å². The second-order valence-electron chi connectivity index (χ2n) is 9.21. The minimum atomic E-state index is -1.58. The van der Waals surface area contributed by atoms with Crippen LogP contribution >= 0.6 is 0 Å². The standard InChI is InChI=1S/C29H21N3O4/c1-36-17-12-10-16(11-13-17)25(33)23-27-30-14-15-32(27)24-18-6-2-3-7-19(18)26(34)22(24)29(23)20-8-4-5-9-21(20)31-28(29)35/h2-13,30H,14-15H2,1H3,(H,31,35). The third-order valence-electron chi connectivity index (χ3n) is 7.54. The highest BCUT2D eigenvalue weighted by Crippen LogP contribution is 2.58. The van der Waals surface area contributed by atoms with E-state index in [1.165, 1.54) is 0 Å². The molecule has 1 saturated heterocycles. The van der Waals surface area contributed by atoms with E-state index >= 15 is 0 Å². The molecule has 1 atom stereocenters. The maximum atomic E-state index is 14.3. The van der Waals surface area contributed by atoms with Gasteiger partial charge in [-0.25, -0.2) is 0 Å². The van der Waals surface area contributed by atoms with Gasteiger partial charge in [0, 0.05) is 46.6 Å². The minimum absolute atomic E-state index is 0.224. The summed E-state index contributed by atoms with van der Waals surface area (Å²) in [4.78, 5) is 44.6. The number of anilines is 1. The zero-order chi connectivity index (χ0) is 24.6. The average molecular weight is 476 g/mol. The van der Waals surface area contributed by atoms with Gasteiger partial charge in [-0.15, -0.1) is 0 Å². The SMILES string of the molecule is COc1ccc(C(=O)C2=C3NCCN3C3=C(C(=O)c4ccccc43)C23C(=O)Nc2ccccc23)cc1. The fourth-order valence-corrected chi connectivity index (χ4v) is 6.05. The molecule has 3 aliphatic heterocycles. The molecular weight excluding hydrogens is 454 g/mol. The van der Waals surface area contributed by atoms with Gasteiger partial charge in [0.15, 0.2) is 11.6 Å². The number of rotatable bonds is 3. The zero-order valence-electron chi connectivity index (χ0n) is 19.4. The zero-order valence-corrected chi connectivity index (χ0v) is 19.4. The first-order chi connectivity index (χ1) is 17.6. The molecule has 0 aromatic heterocycles. The van der Waals surface area contributed by atoms with E-state index in [9.17, 15) is 14.4 Å². The Morgan fingerprint density at radius 1 is 0.944 bits per heavy atom. The van der Waals surface area contributed by atoms with E-state index in [2.05, 4.69) is 10.6 Å². The van der Waals surface area contributed by atoms with Crippen LogP contribution in [0.3, 0.4) is 0 Å². The number of benzene rings is 3. The summed E-state index contributed by atoms with van der Waals surface area (Å²) in [5.74, 6) is 0.271. The molecule has 7 nitrogen and oxygen atoms in total. The van der Waals surface area contributed by atoms with Crippen molar-refractivity contribution in [1.82, 2.24) is 10.2 Å². The minimum Gasteiger partial charge on any atom is -0.497 e. The van der Waals surface area contributed by atoms with Crippen LogP contribution in [0.2, 0.25) is 0 Å². The Morgan fingerprint density at radius 2 is 1.67 bits per heavy atom. The van der Waals surface area contributed by atoms with Gasteiger partial charge in [-0.2, -0.15) is 0 Å². The highest BCUT2D eigenvalue weighted by molar-refractivity contribution is 6.33. The van der Waals surface area contributed by atoms with Gasteiger partial charge in [-0.1, -0.05) is 42.5 Å². The van der Waals surface area contributed by atoms with Crippen molar-refractivity contribution in [2.45, 2.75) is 5.41 Å². The van der Waals surface area contributed by atoms with Crippen molar-refractivity contribution in [2.75, 3.05) is 25.5 Å². The van der Waals surface area contributed by atoms with Crippen LogP contribution in [-0.4, -0.2) is 42.6 Å². The summed E-state index contributed by atoms with van der Waals surface area (Å²) < 4.78 is 5.27. The van der Waals surface area contributed by atoms with Gasteiger partial charge in [0.1, 0.15) is 17.0 Å². The van der Waals surface area contributed by atoms with Crippen LogP contribution in [0.1, 0.15) is 31.8 Å². The summed E-state index contributed by atoms with van der Waals surface area (Å²) in [7, 11) is 1.56. The van der Waals surface area contributed by atoms with E-state index in [-0.39, 0.29) is 17.1 Å². The molecule has 4 aliphatic rings. The van der Waals surface area contributed by atoms with Crippen LogP contribution in [0.15, 0.2) is 89.8 Å². The number of hydrogen-bond donors (Lipinski definition) is 2. The topological polar surface area (TPSA) is 87.7 Å². The number of Topliss-reactive ketones (excluding diaryl/α,β-unsaturated/α-hetero) is 2. The Morgan fingerprint density at radius 3 is 2.44 bits per heavy atom. The van der Waals surface area contributed by atoms with Crippen LogP contribution in [0.25, 0.3) is 5.70 Å². The van der Waals surface area contributed by atoms with Gasteiger partial charge < -0.3 is 20.3 Å². The monoisotopic (exact) mass is 475 g/mol. The van der Waals surface area contributed by atoms with Gasteiger partial charge in [0.2, 0.25) is 5.91 Å². The van der Waals surface area contributed by atoms with Crippen molar-refractivity contribution in [1.29, 1.82) is 0 Å². The van der Waals surface area contributed by atoms with Gasteiger partial charge in [-0.05, 0) is 30.3 Å². The van der Waals surface area contributed by atoms with Gasteiger partial charge in [0.25, 0.3) is 0 Å². The number of fused-ring (bicyclic) bond motifs is 7. The summed E-state index contributed by atoms with van der Waals surface area (Å²) in [5, 5.41) is 6.35. The molecule has 0 radical (unpaired) electrons. The average Bonchev–Trinajstić information content (AvgIpc) is 3.58. The van der Waals surface area contributed by atoms with Crippen molar-refractivity contribution in [2.24, 2.45) is 0 Å². The highest BCUT2D eigenvalue weighted by Gasteiger charge is 2.63. The number of nitrogens with one attached hydrogen (secondary N) is 2. The number of hydrogen-bond acceptors (Lipinski definition) is 6. The lowest BCUT2D eigenvalue weighted by molar-refractivity contribution is -0.118. The number of carbonyl (C=O) groups excluding carboxylic acids is 3. The van der Waals surface area contributed by atoms with Crippen molar-refractivity contribution >= 4 is 28.9 Å². The Bertz CT molecular complexity index is 1580. The summed E-state index contributed by atoms with van der Waals surface area (Å²) in [5.41, 5.74) is 2.69. The highest BCUT2D eigenvalue weighted by atomic mass is 16.5. The van der Waals surface area contributed by atoms with E-state index in [4.69, 9.17) is 4.74 Å². The molecule has 7 rings (SSSR count). The molecule has 3 heterocycles. The van der Waals surface area contributed by atoms with Gasteiger partial charge >= 0.3 is 0 Å². The smallest absolute Gasteiger partial charge is 0.244 e. The molecular formula is C29H21N3O4. The molecule has 1 spiro atoms. The Hall–Kier alpha value is -4.65. The van der Waals surface area contributed by atoms with E-state index in [0.29, 0.717) is 58.3 Å². The molecule has 36 heavy (non-hydrogen) atoms. The lowest BCUT2D eigenvalue weighted by atomic mass is 9.64. The summed E-state index contributed by atoms with van der Waals surface area (Å²) in [6, 6.07) is 21.5. The number of carbonyl (C=O) groups is 3. The predicted octanol–water partition coefficient (Wildman–Crippen LogP) is 3.51. The maximum absolute atomic E-state index is 14.3. The summed E-state index contributed by atoms with van der Waals surface area (Å²) in [6.07, 6.45) is 0. The molecule has 1 amide bonds. The van der Waals surface area contributed by atoms with Crippen LogP contribution in [0.5, 0.6) is 5.75 Å². The second-order valence-corrected chi connectivity index (χ2v) is 9.21. The molecule has 1 unspecified atom stereocenters. The third kappa shape index (κ3) is 2.39. The molecule has 2 N–H and O–H groups in total. The van der Waals surface area contributed by atoms with Crippen LogP contribution in [0, 0.1) is 0 Å². The number of ketones is 2. The number of methoxy groups -OCH3 is 1. The molecule has 0 bridgehead atoms. The second kappa shape index (κ2) is 7.18. The Labute approximate surface area is 207 Å². The van der Waals surface area contributed by atoms with Crippen LogP contribution in [0.4, 0.5) is 5.69 Å². The van der Waals surface area contributed by atoms with E-state index in [1.54, 1.807) is 37.4 Å². The van der Waals surface area contributed by atoms with Crippen LogP contribution < -0.4 is 15.4 Å². The number of para-hydroxylation sites is 1. The van der Waals surface area contributed by atoms with Gasteiger partial charge in [-0.3, -0.25) is 14.4 Å². The van der Waals surface area contributed by atoms with E-state index in [1.807, 2.05) is 47.4 Å².